The molecule has 0 aliphatic heterocycles. The fourth-order valence-electron chi connectivity index (χ4n) is 3.03. The van der Waals surface area contributed by atoms with E-state index in [4.69, 9.17) is 9.47 Å². The predicted octanol–water partition coefficient (Wildman–Crippen LogP) is 4.12. The average molecular weight is 413 g/mol. The van der Waals surface area contributed by atoms with Crippen molar-refractivity contribution in [3.05, 3.63) is 59.7 Å². The number of hydrogen-bond acceptors (Lipinski definition) is 4. The van der Waals surface area contributed by atoms with Gasteiger partial charge in [0, 0.05) is 5.56 Å². The van der Waals surface area contributed by atoms with Gasteiger partial charge in [0.15, 0.2) is 0 Å². The number of carbonyl (C=O) groups excluding carboxylic acids is 2. The minimum atomic E-state index is -0.644. The zero-order chi connectivity index (χ0) is 22.1. The van der Waals surface area contributed by atoms with Crippen LogP contribution < -0.4 is 20.1 Å². The van der Waals surface area contributed by atoms with Crippen molar-refractivity contribution in [2.75, 3.05) is 13.2 Å². The summed E-state index contributed by atoms with van der Waals surface area (Å²) in [4.78, 5) is 25.5. The van der Waals surface area contributed by atoms with Crippen LogP contribution in [0.3, 0.4) is 0 Å². The van der Waals surface area contributed by atoms with E-state index in [0.717, 1.165) is 11.3 Å². The van der Waals surface area contributed by atoms with Crippen molar-refractivity contribution in [3.8, 4) is 11.5 Å². The van der Waals surface area contributed by atoms with Gasteiger partial charge in [-0.05, 0) is 68.7 Å². The Morgan fingerprint density at radius 2 is 1.30 bits per heavy atom. The van der Waals surface area contributed by atoms with E-state index in [0.29, 0.717) is 24.5 Å². The first-order valence-electron chi connectivity index (χ1n) is 10.4. The molecule has 2 atom stereocenters. The van der Waals surface area contributed by atoms with Gasteiger partial charge in [0.05, 0.1) is 19.3 Å². The van der Waals surface area contributed by atoms with Crippen LogP contribution in [0.4, 0.5) is 0 Å². The number of hydrogen-bond donors (Lipinski definition) is 2. The lowest BCUT2D eigenvalue weighted by atomic mass is 10.0. The summed E-state index contributed by atoms with van der Waals surface area (Å²) in [5.41, 5.74) is 1.45. The van der Waals surface area contributed by atoms with Crippen LogP contribution in [0.25, 0.3) is 0 Å². The highest BCUT2D eigenvalue weighted by Crippen LogP contribution is 2.18. The number of benzene rings is 2. The van der Waals surface area contributed by atoms with Crippen LogP contribution in [0.5, 0.6) is 11.5 Å². The molecule has 0 saturated carbocycles. The molecule has 0 aliphatic carbocycles. The average Bonchev–Trinajstić information content (AvgIpc) is 2.73. The molecule has 6 heteroatoms. The Hall–Kier alpha value is -3.02. The predicted molar refractivity (Wildman–Crippen MR) is 118 cm³/mol. The van der Waals surface area contributed by atoms with Gasteiger partial charge >= 0.3 is 0 Å². The maximum absolute atomic E-state index is 12.9. The number of rotatable bonds is 10. The largest absolute Gasteiger partial charge is 0.494 e. The van der Waals surface area contributed by atoms with Crippen LogP contribution >= 0.6 is 0 Å². The van der Waals surface area contributed by atoms with Gasteiger partial charge in [-0.2, -0.15) is 0 Å². The fraction of sp³-hybridized carbons (Fsp3) is 0.417. The van der Waals surface area contributed by atoms with Gasteiger partial charge in [0.1, 0.15) is 17.5 Å². The third kappa shape index (κ3) is 6.51. The second-order valence-corrected chi connectivity index (χ2v) is 7.38. The number of carbonyl (C=O) groups is 2. The molecule has 0 spiro atoms. The molecule has 2 unspecified atom stereocenters. The number of amides is 2. The van der Waals surface area contributed by atoms with E-state index in [1.807, 2.05) is 58.9 Å². The van der Waals surface area contributed by atoms with E-state index in [-0.39, 0.29) is 23.8 Å². The van der Waals surface area contributed by atoms with Crippen LogP contribution in [-0.2, 0) is 4.79 Å². The topological polar surface area (TPSA) is 76.7 Å². The minimum absolute atomic E-state index is 0.0656. The summed E-state index contributed by atoms with van der Waals surface area (Å²) in [5, 5.41) is 5.85. The third-order valence-electron chi connectivity index (χ3n) is 4.71. The van der Waals surface area contributed by atoms with Crippen molar-refractivity contribution in [2.45, 2.75) is 46.7 Å². The van der Waals surface area contributed by atoms with Gasteiger partial charge in [-0.25, -0.2) is 0 Å². The van der Waals surface area contributed by atoms with E-state index in [9.17, 15) is 9.59 Å². The SMILES string of the molecule is CCOc1ccc(C(=O)NC(C(=O)NC(C)c2ccc(OCC)cc2)C(C)C)cc1. The third-order valence-corrected chi connectivity index (χ3v) is 4.71. The fourth-order valence-corrected chi connectivity index (χ4v) is 3.03. The summed E-state index contributed by atoms with van der Waals surface area (Å²) in [6.45, 7) is 10.7. The van der Waals surface area contributed by atoms with Crippen LogP contribution in [-0.4, -0.2) is 31.1 Å². The Bertz CT molecular complexity index is 816. The highest BCUT2D eigenvalue weighted by atomic mass is 16.5. The lowest BCUT2D eigenvalue weighted by molar-refractivity contribution is -0.124. The summed E-state index contributed by atoms with van der Waals surface area (Å²) in [6.07, 6.45) is 0. The summed E-state index contributed by atoms with van der Waals surface area (Å²) in [6, 6.07) is 13.7. The van der Waals surface area contributed by atoms with Crippen LogP contribution in [0.2, 0.25) is 0 Å². The molecule has 2 aromatic carbocycles. The summed E-state index contributed by atoms with van der Waals surface area (Å²) >= 11 is 0. The first-order valence-corrected chi connectivity index (χ1v) is 10.4. The van der Waals surface area contributed by atoms with Gasteiger partial charge in [0.25, 0.3) is 5.91 Å². The highest BCUT2D eigenvalue weighted by molar-refractivity contribution is 5.97. The lowest BCUT2D eigenvalue weighted by Crippen LogP contribution is -2.50. The van der Waals surface area contributed by atoms with E-state index in [2.05, 4.69) is 10.6 Å². The molecule has 0 radical (unpaired) electrons. The minimum Gasteiger partial charge on any atom is -0.494 e. The van der Waals surface area contributed by atoms with E-state index in [1.54, 1.807) is 24.3 Å². The van der Waals surface area contributed by atoms with Crippen molar-refractivity contribution in [3.63, 3.8) is 0 Å². The molecule has 0 aromatic heterocycles. The summed E-state index contributed by atoms with van der Waals surface area (Å²) in [5.74, 6) is 0.925. The van der Waals surface area contributed by atoms with Gasteiger partial charge in [-0.3, -0.25) is 9.59 Å². The van der Waals surface area contributed by atoms with Crippen molar-refractivity contribution >= 4 is 11.8 Å². The Morgan fingerprint density at radius 3 is 1.77 bits per heavy atom. The molecule has 0 saturated heterocycles. The Labute approximate surface area is 179 Å². The molecule has 0 aliphatic rings. The molecule has 2 aromatic rings. The van der Waals surface area contributed by atoms with Gasteiger partial charge in [-0.1, -0.05) is 26.0 Å². The van der Waals surface area contributed by atoms with E-state index >= 15 is 0 Å². The molecule has 2 N–H and O–H groups in total. The first kappa shape index (κ1) is 23.3. The molecule has 2 rings (SSSR count). The normalized spacial score (nSPS) is 12.7. The first-order chi connectivity index (χ1) is 14.3. The molecular weight excluding hydrogens is 380 g/mol. The van der Waals surface area contributed by atoms with Crippen LogP contribution in [0, 0.1) is 5.92 Å². The monoisotopic (exact) mass is 412 g/mol. The Kier molecular flexibility index (Phi) is 8.71. The molecule has 30 heavy (non-hydrogen) atoms. The van der Waals surface area contributed by atoms with Crippen LogP contribution in [0.15, 0.2) is 48.5 Å². The second-order valence-electron chi connectivity index (χ2n) is 7.38. The summed E-state index contributed by atoms with van der Waals surface area (Å²) < 4.78 is 10.9. The Balaban J connectivity index is 2.02. The van der Waals surface area contributed by atoms with Gasteiger partial charge < -0.3 is 20.1 Å². The molecule has 6 nitrogen and oxygen atoms in total. The van der Waals surface area contributed by atoms with Crippen molar-refractivity contribution in [2.24, 2.45) is 5.92 Å². The van der Waals surface area contributed by atoms with Crippen molar-refractivity contribution < 1.29 is 19.1 Å². The second kappa shape index (κ2) is 11.2. The molecule has 0 bridgehead atoms. The molecule has 162 valence electrons. The van der Waals surface area contributed by atoms with Gasteiger partial charge in [0.2, 0.25) is 5.91 Å². The smallest absolute Gasteiger partial charge is 0.251 e. The standard InChI is InChI=1S/C24H32N2O4/c1-6-29-20-12-8-18(9-13-20)17(5)25-24(28)22(16(3)4)26-23(27)19-10-14-21(15-11-19)30-7-2/h8-17,22H,6-7H2,1-5H3,(H,25,28)(H,26,27). The number of nitrogens with one attached hydrogen (secondary N) is 2. The maximum Gasteiger partial charge on any atom is 0.251 e. The zero-order valence-corrected chi connectivity index (χ0v) is 18.4. The maximum atomic E-state index is 12.9. The molecular formula is C24H32N2O4. The van der Waals surface area contributed by atoms with Crippen molar-refractivity contribution in [1.82, 2.24) is 10.6 Å². The molecule has 0 fully saturated rings. The quantitative estimate of drug-likeness (QED) is 0.616. The van der Waals surface area contributed by atoms with E-state index < -0.39 is 6.04 Å². The molecule has 2 amide bonds. The molecule has 0 heterocycles. The zero-order valence-electron chi connectivity index (χ0n) is 18.4. The Morgan fingerprint density at radius 1 is 0.800 bits per heavy atom. The lowest BCUT2D eigenvalue weighted by Gasteiger charge is -2.24. The van der Waals surface area contributed by atoms with Gasteiger partial charge in [-0.15, -0.1) is 0 Å². The highest BCUT2D eigenvalue weighted by Gasteiger charge is 2.26. The van der Waals surface area contributed by atoms with E-state index in [1.165, 1.54) is 0 Å². The number of ether oxygens (including phenoxy) is 2. The van der Waals surface area contributed by atoms with Crippen molar-refractivity contribution in [1.29, 1.82) is 0 Å². The van der Waals surface area contributed by atoms with Crippen LogP contribution in [0.1, 0.15) is 56.6 Å². The summed E-state index contributed by atoms with van der Waals surface area (Å²) in [7, 11) is 0.